The molecule has 0 unspecified atom stereocenters. The molecule has 0 saturated heterocycles. The molecule has 2 aromatic rings. The van der Waals surface area contributed by atoms with Crippen LogP contribution in [0.3, 0.4) is 0 Å². The standard InChI is InChI=1S/C12H13NO4/c1-2-13-6-5-9(16)10-7(14)3-4-8(15)11(10)12(6)17/h3-5,13-17H,2H2,1H3. The summed E-state index contributed by atoms with van der Waals surface area (Å²) >= 11 is 0. The third kappa shape index (κ3) is 1.65. The summed E-state index contributed by atoms with van der Waals surface area (Å²) in [6.45, 7) is 2.39. The van der Waals surface area contributed by atoms with Crippen LogP contribution in [0.5, 0.6) is 23.0 Å². The van der Waals surface area contributed by atoms with Crippen LogP contribution in [-0.2, 0) is 0 Å². The van der Waals surface area contributed by atoms with Crippen LogP contribution in [0.1, 0.15) is 6.92 Å². The Bertz CT molecular complexity index is 580. The minimum atomic E-state index is -0.206. The normalized spacial score (nSPS) is 10.6. The van der Waals surface area contributed by atoms with Crippen LogP contribution in [0.2, 0.25) is 0 Å². The van der Waals surface area contributed by atoms with Gasteiger partial charge in [-0.3, -0.25) is 0 Å². The predicted octanol–water partition coefficient (Wildman–Crippen LogP) is 2.09. The fourth-order valence-electron chi connectivity index (χ4n) is 1.82. The van der Waals surface area contributed by atoms with Crippen molar-refractivity contribution in [2.45, 2.75) is 6.92 Å². The Balaban J connectivity index is 2.88. The number of benzene rings is 2. The van der Waals surface area contributed by atoms with Crippen LogP contribution in [0.15, 0.2) is 18.2 Å². The van der Waals surface area contributed by atoms with Gasteiger partial charge in [-0.2, -0.15) is 0 Å². The van der Waals surface area contributed by atoms with E-state index in [2.05, 4.69) is 5.32 Å². The van der Waals surface area contributed by atoms with Crippen molar-refractivity contribution < 1.29 is 20.4 Å². The fourth-order valence-corrected chi connectivity index (χ4v) is 1.82. The summed E-state index contributed by atoms with van der Waals surface area (Å²) in [7, 11) is 0. The highest BCUT2D eigenvalue weighted by Gasteiger charge is 2.16. The van der Waals surface area contributed by atoms with Gasteiger partial charge in [-0.1, -0.05) is 0 Å². The van der Waals surface area contributed by atoms with Crippen molar-refractivity contribution in [2.75, 3.05) is 11.9 Å². The fraction of sp³-hybridized carbons (Fsp3) is 0.167. The van der Waals surface area contributed by atoms with Crippen LogP contribution in [-0.4, -0.2) is 27.0 Å². The molecule has 0 saturated carbocycles. The zero-order valence-corrected chi connectivity index (χ0v) is 9.23. The van der Waals surface area contributed by atoms with E-state index in [9.17, 15) is 20.4 Å². The number of anilines is 1. The van der Waals surface area contributed by atoms with E-state index in [1.54, 1.807) is 0 Å². The maximum absolute atomic E-state index is 9.97. The Labute approximate surface area is 97.6 Å². The maximum atomic E-state index is 9.97. The Morgan fingerprint density at radius 3 is 2.12 bits per heavy atom. The molecular weight excluding hydrogens is 222 g/mol. The summed E-state index contributed by atoms with van der Waals surface area (Å²) in [6.07, 6.45) is 0. The van der Waals surface area contributed by atoms with E-state index in [0.29, 0.717) is 12.2 Å². The number of hydrogen-bond acceptors (Lipinski definition) is 5. The molecule has 0 radical (unpaired) electrons. The lowest BCUT2D eigenvalue weighted by Crippen LogP contribution is -1.97. The van der Waals surface area contributed by atoms with Gasteiger partial charge in [0.05, 0.1) is 16.5 Å². The van der Waals surface area contributed by atoms with Gasteiger partial charge in [0.2, 0.25) is 0 Å². The Hall–Kier alpha value is -2.30. The summed E-state index contributed by atoms with van der Waals surface area (Å²) in [5, 5.41) is 42.0. The SMILES string of the molecule is CCNc1cc(O)c2c(O)ccc(O)c2c1O. The quantitative estimate of drug-likeness (QED) is 0.406. The monoisotopic (exact) mass is 235 g/mol. The zero-order valence-electron chi connectivity index (χ0n) is 9.23. The minimum absolute atomic E-state index is 0.0287. The number of fused-ring (bicyclic) bond motifs is 1. The van der Waals surface area contributed by atoms with Gasteiger partial charge in [-0.25, -0.2) is 0 Å². The number of phenolic OH excluding ortho intramolecular Hbond substituents is 4. The van der Waals surface area contributed by atoms with E-state index >= 15 is 0 Å². The highest BCUT2D eigenvalue weighted by atomic mass is 16.3. The van der Waals surface area contributed by atoms with Crippen LogP contribution < -0.4 is 5.32 Å². The smallest absolute Gasteiger partial charge is 0.150 e. The summed E-state index contributed by atoms with van der Waals surface area (Å²) < 4.78 is 0. The Morgan fingerprint density at radius 2 is 1.53 bits per heavy atom. The Morgan fingerprint density at radius 1 is 0.941 bits per heavy atom. The molecule has 90 valence electrons. The molecule has 0 atom stereocenters. The highest BCUT2D eigenvalue weighted by molar-refractivity contribution is 6.04. The molecule has 0 spiro atoms. The van der Waals surface area contributed by atoms with Crippen LogP contribution in [0, 0.1) is 0 Å². The summed E-state index contributed by atoms with van der Waals surface area (Å²) in [5.74, 6) is -0.811. The second kappa shape index (κ2) is 3.93. The van der Waals surface area contributed by atoms with Gasteiger partial charge in [-0.05, 0) is 19.1 Å². The summed E-state index contributed by atoms with van der Waals surface area (Å²) in [5.41, 5.74) is 0.304. The number of hydrogen-bond donors (Lipinski definition) is 5. The van der Waals surface area contributed by atoms with E-state index < -0.39 is 0 Å². The molecule has 0 aliphatic carbocycles. The molecule has 0 aromatic heterocycles. The number of phenols is 4. The molecule has 0 fully saturated rings. The zero-order chi connectivity index (χ0) is 12.6. The van der Waals surface area contributed by atoms with E-state index in [-0.39, 0.29) is 33.8 Å². The van der Waals surface area contributed by atoms with Crippen molar-refractivity contribution in [2.24, 2.45) is 0 Å². The lowest BCUT2D eigenvalue weighted by Gasteiger charge is -2.12. The lowest BCUT2D eigenvalue weighted by molar-refractivity contribution is 0.448. The summed E-state index contributed by atoms with van der Waals surface area (Å²) in [6, 6.07) is 3.82. The second-order valence-corrected chi connectivity index (χ2v) is 3.68. The minimum Gasteiger partial charge on any atom is -0.507 e. The molecule has 2 rings (SSSR count). The molecule has 0 heterocycles. The second-order valence-electron chi connectivity index (χ2n) is 3.68. The average Bonchev–Trinajstić information content (AvgIpc) is 2.29. The van der Waals surface area contributed by atoms with E-state index in [1.807, 2.05) is 6.92 Å². The molecule has 5 heteroatoms. The first-order chi connectivity index (χ1) is 8.06. The third-order valence-electron chi connectivity index (χ3n) is 2.56. The topological polar surface area (TPSA) is 93.0 Å². The first kappa shape index (κ1) is 11.2. The molecule has 0 aliphatic heterocycles. The highest BCUT2D eigenvalue weighted by Crippen LogP contribution is 2.46. The number of aromatic hydroxyl groups is 4. The van der Waals surface area contributed by atoms with Crippen molar-refractivity contribution in [1.29, 1.82) is 0 Å². The van der Waals surface area contributed by atoms with Gasteiger partial charge in [0.1, 0.15) is 17.2 Å². The van der Waals surface area contributed by atoms with Crippen molar-refractivity contribution in [3.63, 3.8) is 0 Å². The van der Waals surface area contributed by atoms with E-state index in [1.165, 1.54) is 18.2 Å². The van der Waals surface area contributed by atoms with Gasteiger partial charge in [0.15, 0.2) is 5.75 Å². The molecular formula is C12H13NO4. The molecule has 0 aliphatic rings. The lowest BCUT2D eigenvalue weighted by atomic mass is 10.0. The van der Waals surface area contributed by atoms with Gasteiger partial charge in [0.25, 0.3) is 0 Å². The Kier molecular flexibility index (Phi) is 2.59. The number of rotatable bonds is 2. The molecule has 0 amide bonds. The molecule has 2 aromatic carbocycles. The van der Waals surface area contributed by atoms with Crippen LogP contribution >= 0.6 is 0 Å². The van der Waals surface area contributed by atoms with Crippen LogP contribution in [0.25, 0.3) is 10.8 Å². The van der Waals surface area contributed by atoms with Gasteiger partial charge < -0.3 is 25.7 Å². The maximum Gasteiger partial charge on any atom is 0.150 e. The first-order valence-electron chi connectivity index (χ1n) is 5.19. The number of nitrogens with one attached hydrogen (secondary N) is 1. The molecule has 17 heavy (non-hydrogen) atoms. The van der Waals surface area contributed by atoms with Crippen molar-refractivity contribution in [3.05, 3.63) is 18.2 Å². The van der Waals surface area contributed by atoms with Crippen molar-refractivity contribution in [3.8, 4) is 23.0 Å². The average molecular weight is 235 g/mol. The van der Waals surface area contributed by atoms with E-state index in [4.69, 9.17) is 0 Å². The van der Waals surface area contributed by atoms with Gasteiger partial charge in [0, 0.05) is 12.6 Å². The van der Waals surface area contributed by atoms with E-state index in [0.717, 1.165) is 0 Å². The van der Waals surface area contributed by atoms with Crippen molar-refractivity contribution in [1.82, 2.24) is 0 Å². The largest absolute Gasteiger partial charge is 0.507 e. The first-order valence-corrected chi connectivity index (χ1v) is 5.19. The molecule has 5 N–H and O–H groups in total. The molecule has 5 nitrogen and oxygen atoms in total. The van der Waals surface area contributed by atoms with Crippen LogP contribution in [0.4, 0.5) is 5.69 Å². The third-order valence-corrected chi connectivity index (χ3v) is 2.56. The van der Waals surface area contributed by atoms with Crippen molar-refractivity contribution >= 4 is 16.5 Å². The molecule has 0 bridgehead atoms. The summed E-state index contributed by atoms with van der Waals surface area (Å²) in [4.78, 5) is 0. The van der Waals surface area contributed by atoms with Gasteiger partial charge >= 0.3 is 0 Å². The van der Waals surface area contributed by atoms with Gasteiger partial charge in [-0.15, -0.1) is 0 Å². The predicted molar refractivity (Wildman–Crippen MR) is 64.8 cm³/mol.